The number of hydrazone groups is 1. The van der Waals surface area contributed by atoms with Crippen molar-refractivity contribution < 1.29 is 9.90 Å². The number of rotatable bonds is 6. The molecule has 8 heteroatoms. The van der Waals surface area contributed by atoms with E-state index in [-0.39, 0.29) is 11.7 Å². The summed E-state index contributed by atoms with van der Waals surface area (Å²) in [4.78, 5) is 21.2. The lowest BCUT2D eigenvalue weighted by Gasteiger charge is -2.07. The summed E-state index contributed by atoms with van der Waals surface area (Å²) in [6.07, 6.45) is 0. The molecule has 154 valence electrons. The Labute approximate surface area is 184 Å². The molecule has 0 fully saturated rings. The van der Waals surface area contributed by atoms with Crippen LogP contribution in [-0.4, -0.2) is 26.7 Å². The van der Waals surface area contributed by atoms with Crippen LogP contribution in [0.25, 0.3) is 0 Å². The zero-order valence-electron chi connectivity index (χ0n) is 16.8. The third kappa shape index (κ3) is 5.81. The summed E-state index contributed by atoms with van der Waals surface area (Å²) < 4.78 is 0. The zero-order valence-corrected chi connectivity index (χ0v) is 18.4. The number of aryl methyl sites for hydroxylation is 2. The Morgan fingerprint density at radius 1 is 1.10 bits per heavy atom. The molecule has 0 saturated carbocycles. The van der Waals surface area contributed by atoms with Crippen LogP contribution in [0.1, 0.15) is 39.8 Å². The van der Waals surface area contributed by atoms with Crippen molar-refractivity contribution in [2.24, 2.45) is 5.10 Å². The van der Waals surface area contributed by atoms with E-state index in [2.05, 4.69) is 20.5 Å². The van der Waals surface area contributed by atoms with Crippen LogP contribution >= 0.6 is 23.4 Å². The van der Waals surface area contributed by atoms with Gasteiger partial charge in [0.2, 0.25) is 0 Å². The number of benzene rings is 2. The molecule has 0 aliphatic rings. The monoisotopic (exact) mass is 440 g/mol. The van der Waals surface area contributed by atoms with Gasteiger partial charge in [0.05, 0.1) is 5.71 Å². The predicted molar refractivity (Wildman–Crippen MR) is 120 cm³/mol. The van der Waals surface area contributed by atoms with Gasteiger partial charge in [-0.25, -0.2) is 15.4 Å². The number of hydrogen-bond acceptors (Lipinski definition) is 6. The lowest BCUT2D eigenvalue weighted by atomic mass is 10.1. The first-order chi connectivity index (χ1) is 14.3. The standard InChI is InChI=1S/C22H21ClN4O2S/c1-13-10-14(2)25-22(24-13)30-12-16-4-6-17(7-5-16)21(29)27-26-15(3)19-11-18(23)8-9-20(19)28/h4-11,28H,12H2,1-3H3,(H,27,29)/b26-15+. The van der Waals surface area contributed by atoms with Crippen molar-refractivity contribution in [2.75, 3.05) is 0 Å². The number of amides is 1. The first-order valence-corrected chi connectivity index (χ1v) is 10.6. The second-order valence-corrected chi connectivity index (χ2v) is 8.10. The van der Waals surface area contributed by atoms with Crippen molar-refractivity contribution >= 4 is 35.0 Å². The molecule has 0 aliphatic heterocycles. The third-order valence-corrected chi connectivity index (χ3v) is 5.37. The Kier molecular flexibility index (Phi) is 7.07. The number of phenols is 1. The number of nitrogens with zero attached hydrogens (tertiary/aromatic N) is 3. The van der Waals surface area contributed by atoms with Crippen LogP contribution in [0.4, 0.5) is 0 Å². The van der Waals surface area contributed by atoms with Crippen LogP contribution in [0.2, 0.25) is 5.02 Å². The first kappa shape index (κ1) is 21.8. The molecule has 0 saturated heterocycles. The fraction of sp³-hybridized carbons (Fsp3) is 0.182. The van der Waals surface area contributed by atoms with E-state index in [1.807, 2.05) is 32.0 Å². The molecule has 1 aromatic heterocycles. The van der Waals surface area contributed by atoms with Gasteiger partial charge in [-0.3, -0.25) is 4.79 Å². The van der Waals surface area contributed by atoms with Crippen LogP contribution in [0.5, 0.6) is 5.75 Å². The SMILES string of the molecule is C/C(=N\NC(=O)c1ccc(CSc2nc(C)cc(C)n2)cc1)c1cc(Cl)ccc1O. The highest BCUT2D eigenvalue weighted by atomic mass is 35.5. The van der Waals surface area contributed by atoms with Crippen molar-refractivity contribution in [1.82, 2.24) is 15.4 Å². The number of phenolic OH excluding ortho intramolecular Hbond substituents is 1. The molecule has 0 unspecified atom stereocenters. The molecule has 0 radical (unpaired) electrons. The quantitative estimate of drug-likeness (QED) is 0.246. The zero-order chi connectivity index (χ0) is 21.7. The van der Waals surface area contributed by atoms with E-state index in [4.69, 9.17) is 11.6 Å². The molecule has 2 N–H and O–H groups in total. The second kappa shape index (κ2) is 9.73. The minimum atomic E-state index is -0.340. The maximum absolute atomic E-state index is 12.4. The molecule has 6 nitrogen and oxygen atoms in total. The molecular weight excluding hydrogens is 420 g/mol. The van der Waals surface area contributed by atoms with Gasteiger partial charge in [-0.1, -0.05) is 35.5 Å². The smallest absolute Gasteiger partial charge is 0.271 e. The van der Waals surface area contributed by atoms with Gasteiger partial charge in [-0.05, 0) is 62.7 Å². The molecule has 3 aromatic rings. The fourth-order valence-electron chi connectivity index (χ4n) is 2.72. The second-order valence-electron chi connectivity index (χ2n) is 6.72. The van der Waals surface area contributed by atoms with Gasteiger partial charge in [-0.15, -0.1) is 0 Å². The van der Waals surface area contributed by atoms with E-state index in [1.54, 1.807) is 43.0 Å². The van der Waals surface area contributed by atoms with E-state index < -0.39 is 0 Å². The molecular formula is C22H21ClN4O2S. The van der Waals surface area contributed by atoms with E-state index in [0.29, 0.717) is 27.6 Å². The van der Waals surface area contributed by atoms with Crippen LogP contribution in [-0.2, 0) is 5.75 Å². The largest absolute Gasteiger partial charge is 0.507 e. The average molecular weight is 441 g/mol. The normalized spacial score (nSPS) is 11.4. The number of aromatic nitrogens is 2. The molecule has 2 aromatic carbocycles. The van der Waals surface area contributed by atoms with Gasteiger partial charge < -0.3 is 5.11 Å². The Morgan fingerprint density at radius 2 is 1.77 bits per heavy atom. The van der Waals surface area contributed by atoms with Crippen molar-refractivity contribution in [3.05, 3.63) is 81.6 Å². The molecule has 1 amide bonds. The molecule has 0 aliphatic carbocycles. The number of carbonyl (C=O) groups is 1. The van der Waals surface area contributed by atoms with Crippen LogP contribution in [0.3, 0.4) is 0 Å². The van der Waals surface area contributed by atoms with Gasteiger partial charge in [0.1, 0.15) is 5.75 Å². The lowest BCUT2D eigenvalue weighted by Crippen LogP contribution is -2.19. The Morgan fingerprint density at radius 3 is 2.43 bits per heavy atom. The highest BCUT2D eigenvalue weighted by molar-refractivity contribution is 7.98. The Balaban J connectivity index is 1.61. The molecule has 0 bridgehead atoms. The highest BCUT2D eigenvalue weighted by Crippen LogP contribution is 2.22. The van der Waals surface area contributed by atoms with Crippen LogP contribution in [0.15, 0.2) is 58.8 Å². The van der Waals surface area contributed by atoms with Crippen molar-refractivity contribution in [3.8, 4) is 5.75 Å². The number of halogens is 1. The molecule has 3 rings (SSSR count). The maximum Gasteiger partial charge on any atom is 0.271 e. The third-order valence-electron chi connectivity index (χ3n) is 4.22. The van der Waals surface area contributed by atoms with Crippen LogP contribution in [0, 0.1) is 13.8 Å². The molecule has 0 atom stereocenters. The minimum absolute atomic E-state index is 0.0459. The minimum Gasteiger partial charge on any atom is -0.507 e. The number of hydrogen-bond donors (Lipinski definition) is 2. The lowest BCUT2D eigenvalue weighted by molar-refractivity contribution is 0.0955. The molecule has 1 heterocycles. The van der Waals surface area contributed by atoms with E-state index in [1.165, 1.54) is 6.07 Å². The maximum atomic E-state index is 12.4. The summed E-state index contributed by atoms with van der Waals surface area (Å²) >= 11 is 7.50. The summed E-state index contributed by atoms with van der Waals surface area (Å²) in [7, 11) is 0. The summed E-state index contributed by atoms with van der Waals surface area (Å²) in [6, 6.07) is 13.9. The van der Waals surface area contributed by atoms with Gasteiger partial charge in [0.15, 0.2) is 5.16 Å². The van der Waals surface area contributed by atoms with Gasteiger partial charge in [0.25, 0.3) is 5.91 Å². The van der Waals surface area contributed by atoms with Gasteiger partial charge in [-0.2, -0.15) is 5.10 Å². The van der Waals surface area contributed by atoms with Gasteiger partial charge >= 0.3 is 0 Å². The predicted octanol–water partition coefficient (Wildman–Crippen LogP) is 4.90. The van der Waals surface area contributed by atoms with Crippen molar-refractivity contribution in [3.63, 3.8) is 0 Å². The van der Waals surface area contributed by atoms with Gasteiger partial charge in [0, 0.05) is 33.3 Å². The molecule has 30 heavy (non-hydrogen) atoms. The van der Waals surface area contributed by atoms with Crippen molar-refractivity contribution in [2.45, 2.75) is 31.7 Å². The van der Waals surface area contributed by atoms with E-state index in [9.17, 15) is 9.90 Å². The summed E-state index contributed by atoms with van der Waals surface area (Å²) in [5.74, 6) is 0.410. The average Bonchev–Trinajstić information content (AvgIpc) is 2.71. The first-order valence-electron chi connectivity index (χ1n) is 9.19. The summed E-state index contributed by atoms with van der Waals surface area (Å²) in [5, 5.41) is 15.2. The number of thioether (sulfide) groups is 1. The fourth-order valence-corrected chi connectivity index (χ4v) is 3.79. The van der Waals surface area contributed by atoms with Crippen molar-refractivity contribution in [1.29, 1.82) is 0 Å². The number of carbonyl (C=O) groups excluding carboxylic acids is 1. The Bertz CT molecular complexity index is 1080. The van der Waals surface area contributed by atoms with Crippen LogP contribution < -0.4 is 5.43 Å². The summed E-state index contributed by atoms with van der Waals surface area (Å²) in [6.45, 7) is 5.58. The number of aromatic hydroxyl groups is 1. The highest BCUT2D eigenvalue weighted by Gasteiger charge is 2.09. The number of nitrogens with one attached hydrogen (secondary N) is 1. The van der Waals surface area contributed by atoms with E-state index in [0.717, 1.165) is 22.1 Å². The Hall–Kier alpha value is -2.90. The van der Waals surface area contributed by atoms with E-state index >= 15 is 0 Å². The topological polar surface area (TPSA) is 87.5 Å². The molecule has 0 spiro atoms. The summed E-state index contributed by atoms with van der Waals surface area (Å²) in [5.41, 5.74) is 6.84.